The summed E-state index contributed by atoms with van der Waals surface area (Å²) < 4.78 is 0. The van der Waals surface area contributed by atoms with E-state index in [0.29, 0.717) is 12.2 Å². The predicted molar refractivity (Wildman–Crippen MR) is 140 cm³/mol. The SMILES string of the molecule is CC(C)(CCC(C(N)=O)(c1ccccc1)c1ccccc1)N1CCCC1.Cc1cccc(O)c1. The fourth-order valence-corrected chi connectivity index (χ4v) is 4.91. The maximum Gasteiger partial charge on any atom is 0.232 e. The lowest BCUT2D eigenvalue weighted by molar-refractivity contribution is -0.122. The summed E-state index contributed by atoms with van der Waals surface area (Å²) in [6.07, 6.45) is 4.16. The second kappa shape index (κ2) is 11.3. The number of primary amides is 1. The zero-order chi connectivity index (χ0) is 24.6. The highest BCUT2D eigenvalue weighted by Gasteiger charge is 2.42. The highest BCUT2D eigenvalue weighted by Crippen LogP contribution is 2.39. The smallest absolute Gasteiger partial charge is 0.232 e. The van der Waals surface area contributed by atoms with E-state index in [1.54, 1.807) is 12.1 Å². The summed E-state index contributed by atoms with van der Waals surface area (Å²) in [5, 5.41) is 8.81. The first kappa shape index (κ1) is 25.5. The van der Waals surface area contributed by atoms with Crippen LogP contribution in [-0.4, -0.2) is 34.5 Å². The van der Waals surface area contributed by atoms with Gasteiger partial charge < -0.3 is 10.8 Å². The average molecular weight is 459 g/mol. The number of nitrogens with zero attached hydrogens (tertiary/aromatic N) is 1. The van der Waals surface area contributed by atoms with Gasteiger partial charge in [0.1, 0.15) is 5.75 Å². The van der Waals surface area contributed by atoms with Gasteiger partial charge in [0.15, 0.2) is 0 Å². The van der Waals surface area contributed by atoms with Crippen molar-refractivity contribution in [2.24, 2.45) is 5.73 Å². The van der Waals surface area contributed by atoms with Gasteiger partial charge in [-0.05, 0) is 88.4 Å². The Kier molecular flexibility index (Phi) is 8.51. The third-order valence-electron chi connectivity index (χ3n) is 7.03. The molecule has 1 aliphatic rings. The van der Waals surface area contributed by atoms with E-state index >= 15 is 0 Å². The van der Waals surface area contributed by atoms with Crippen molar-refractivity contribution in [1.82, 2.24) is 4.90 Å². The molecule has 3 aromatic rings. The van der Waals surface area contributed by atoms with E-state index in [4.69, 9.17) is 10.8 Å². The number of amides is 1. The number of aryl methyl sites for hydroxylation is 1. The summed E-state index contributed by atoms with van der Waals surface area (Å²) in [4.78, 5) is 15.4. The molecule has 4 nitrogen and oxygen atoms in total. The summed E-state index contributed by atoms with van der Waals surface area (Å²) in [7, 11) is 0. The molecule has 3 N–H and O–H groups in total. The Morgan fingerprint density at radius 1 is 0.853 bits per heavy atom. The van der Waals surface area contributed by atoms with Gasteiger partial charge in [0.05, 0.1) is 5.41 Å². The van der Waals surface area contributed by atoms with Gasteiger partial charge in [0.25, 0.3) is 0 Å². The highest BCUT2D eigenvalue weighted by atomic mass is 16.3. The number of phenolic OH excluding ortho intramolecular Hbond substituents is 1. The fourth-order valence-electron chi connectivity index (χ4n) is 4.91. The third-order valence-corrected chi connectivity index (χ3v) is 7.03. The number of hydrogen-bond acceptors (Lipinski definition) is 3. The Balaban J connectivity index is 0.000000343. The molecular formula is C30H38N2O2. The number of phenols is 1. The van der Waals surface area contributed by atoms with Gasteiger partial charge in [-0.15, -0.1) is 0 Å². The Hall–Kier alpha value is -3.11. The Labute approximate surface area is 204 Å². The fraction of sp³-hybridized carbons (Fsp3) is 0.367. The van der Waals surface area contributed by atoms with Crippen LogP contribution < -0.4 is 5.73 Å². The van der Waals surface area contributed by atoms with Gasteiger partial charge in [-0.3, -0.25) is 9.69 Å². The molecule has 1 aliphatic heterocycles. The van der Waals surface area contributed by atoms with E-state index in [-0.39, 0.29) is 11.4 Å². The lowest BCUT2D eigenvalue weighted by Gasteiger charge is -2.40. The molecule has 34 heavy (non-hydrogen) atoms. The molecule has 1 heterocycles. The minimum Gasteiger partial charge on any atom is -0.508 e. The van der Waals surface area contributed by atoms with E-state index in [2.05, 4.69) is 18.7 Å². The van der Waals surface area contributed by atoms with E-state index in [1.165, 1.54) is 12.8 Å². The number of carbonyl (C=O) groups excluding carboxylic acids is 1. The molecule has 180 valence electrons. The van der Waals surface area contributed by atoms with Crippen LogP contribution in [0.3, 0.4) is 0 Å². The molecular weight excluding hydrogens is 420 g/mol. The van der Waals surface area contributed by atoms with E-state index in [0.717, 1.165) is 36.2 Å². The topological polar surface area (TPSA) is 66.6 Å². The standard InChI is InChI=1S/C23H30N2O.C7H8O/c1-22(2,25-17-9-10-18-25)15-16-23(21(24)26,19-11-5-3-6-12-19)20-13-7-4-8-14-20;1-6-3-2-4-7(8)5-6/h3-8,11-14H,9-10,15-18H2,1-2H3,(H2,24,26);2-5,8H,1H3. The summed E-state index contributed by atoms with van der Waals surface area (Å²) in [5.74, 6) is 0.0668. The number of nitrogens with two attached hydrogens (primary N) is 1. The van der Waals surface area contributed by atoms with Crippen molar-refractivity contribution in [1.29, 1.82) is 0 Å². The van der Waals surface area contributed by atoms with Crippen molar-refractivity contribution in [3.8, 4) is 5.75 Å². The van der Waals surface area contributed by atoms with Crippen LogP contribution in [0.15, 0.2) is 84.9 Å². The van der Waals surface area contributed by atoms with Crippen LogP contribution in [0.2, 0.25) is 0 Å². The molecule has 3 aromatic carbocycles. The van der Waals surface area contributed by atoms with Crippen LogP contribution in [0.4, 0.5) is 0 Å². The number of likely N-dealkylation sites (tertiary alicyclic amines) is 1. The largest absolute Gasteiger partial charge is 0.508 e. The maximum atomic E-state index is 12.9. The summed E-state index contributed by atoms with van der Waals surface area (Å²) in [6, 6.07) is 27.2. The zero-order valence-electron chi connectivity index (χ0n) is 20.7. The number of benzene rings is 3. The second-order valence-electron chi connectivity index (χ2n) is 9.85. The van der Waals surface area contributed by atoms with E-state index < -0.39 is 5.41 Å². The van der Waals surface area contributed by atoms with Gasteiger partial charge in [-0.1, -0.05) is 72.8 Å². The first-order valence-electron chi connectivity index (χ1n) is 12.2. The molecule has 1 amide bonds. The van der Waals surface area contributed by atoms with Gasteiger partial charge >= 0.3 is 0 Å². The van der Waals surface area contributed by atoms with Crippen molar-refractivity contribution in [3.05, 3.63) is 102 Å². The molecule has 0 spiro atoms. The Morgan fingerprint density at radius 3 is 1.79 bits per heavy atom. The van der Waals surface area contributed by atoms with Crippen molar-refractivity contribution < 1.29 is 9.90 Å². The minimum atomic E-state index is -0.792. The first-order chi connectivity index (χ1) is 16.3. The second-order valence-corrected chi connectivity index (χ2v) is 9.85. The molecule has 4 rings (SSSR count). The number of rotatable bonds is 7. The van der Waals surface area contributed by atoms with Crippen molar-refractivity contribution in [3.63, 3.8) is 0 Å². The summed E-state index contributed by atoms with van der Waals surface area (Å²) >= 11 is 0. The van der Waals surface area contributed by atoms with Crippen molar-refractivity contribution in [2.75, 3.05) is 13.1 Å². The minimum absolute atomic E-state index is 0.0563. The van der Waals surface area contributed by atoms with E-state index in [1.807, 2.05) is 79.7 Å². The molecule has 0 saturated carbocycles. The third kappa shape index (κ3) is 6.06. The molecule has 0 bridgehead atoms. The molecule has 0 aliphatic carbocycles. The first-order valence-corrected chi connectivity index (χ1v) is 12.2. The quantitative estimate of drug-likeness (QED) is 0.469. The van der Waals surface area contributed by atoms with Gasteiger partial charge in [0.2, 0.25) is 5.91 Å². The molecule has 1 saturated heterocycles. The maximum absolute atomic E-state index is 12.9. The molecule has 4 heteroatoms. The van der Waals surface area contributed by atoms with Gasteiger partial charge in [-0.2, -0.15) is 0 Å². The summed E-state index contributed by atoms with van der Waals surface area (Å²) in [6.45, 7) is 8.82. The van der Waals surface area contributed by atoms with Crippen LogP contribution in [0.25, 0.3) is 0 Å². The molecule has 0 unspecified atom stereocenters. The van der Waals surface area contributed by atoms with E-state index in [9.17, 15) is 4.79 Å². The normalized spacial score (nSPS) is 14.3. The van der Waals surface area contributed by atoms with Crippen LogP contribution in [-0.2, 0) is 10.2 Å². The monoisotopic (exact) mass is 458 g/mol. The predicted octanol–water partition coefficient (Wildman–Crippen LogP) is 5.81. The van der Waals surface area contributed by atoms with Gasteiger partial charge in [0, 0.05) is 5.54 Å². The lowest BCUT2D eigenvalue weighted by Crippen LogP contribution is -2.47. The van der Waals surface area contributed by atoms with Crippen LogP contribution in [0.5, 0.6) is 5.75 Å². The number of aromatic hydroxyl groups is 1. The van der Waals surface area contributed by atoms with Crippen molar-refractivity contribution in [2.45, 2.75) is 57.4 Å². The molecule has 1 fully saturated rings. The van der Waals surface area contributed by atoms with Crippen molar-refractivity contribution >= 4 is 5.91 Å². The van der Waals surface area contributed by atoms with Crippen LogP contribution >= 0.6 is 0 Å². The Morgan fingerprint density at radius 2 is 1.38 bits per heavy atom. The van der Waals surface area contributed by atoms with Gasteiger partial charge in [-0.25, -0.2) is 0 Å². The molecule has 0 atom stereocenters. The van der Waals surface area contributed by atoms with Crippen LogP contribution in [0, 0.1) is 6.92 Å². The molecule has 0 radical (unpaired) electrons. The highest BCUT2D eigenvalue weighted by molar-refractivity contribution is 5.90. The number of hydrogen-bond donors (Lipinski definition) is 2. The zero-order valence-corrected chi connectivity index (χ0v) is 20.7. The molecule has 0 aromatic heterocycles. The van der Waals surface area contributed by atoms with Crippen LogP contribution in [0.1, 0.15) is 56.2 Å². The Bertz CT molecular complexity index is 985. The lowest BCUT2D eigenvalue weighted by atomic mass is 9.69. The average Bonchev–Trinajstić information content (AvgIpc) is 3.37. The number of carbonyl (C=O) groups is 1. The summed E-state index contributed by atoms with van der Waals surface area (Å²) in [5.41, 5.74) is 8.38.